The first-order valence-corrected chi connectivity index (χ1v) is 7.50. The van der Waals surface area contributed by atoms with Gasteiger partial charge in [-0.15, -0.1) is 0 Å². The lowest BCUT2D eigenvalue weighted by Gasteiger charge is -2.39. The van der Waals surface area contributed by atoms with Crippen molar-refractivity contribution in [1.82, 2.24) is 10.2 Å². The van der Waals surface area contributed by atoms with Crippen molar-refractivity contribution < 1.29 is 0 Å². The van der Waals surface area contributed by atoms with Crippen molar-refractivity contribution in [1.29, 1.82) is 0 Å². The molecule has 0 spiro atoms. The molecule has 1 atom stereocenters. The van der Waals surface area contributed by atoms with E-state index in [1.165, 1.54) is 24.1 Å². The van der Waals surface area contributed by atoms with Crippen LogP contribution in [0, 0.1) is 0 Å². The Hall–Kier alpha value is -1.06. The average Bonchev–Trinajstić information content (AvgIpc) is 3.21. The molecule has 1 aromatic carbocycles. The smallest absolute Gasteiger partial charge is 0.0389 e. The molecule has 1 saturated carbocycles. The van der Waals surface area contributed by atoms with Gasteiger partial charge in [-0.3, -0.25) is 0 Å². The van der Waals surface area contributed by atoms with Crippen molar-refractivity contribution in [3.8, 4) is 0 Å². The summed E-state index contributed by atoms with van der Waals surface area (Å²) >= 11 is 0. The van der Waals surface area contributed by atoms with Gasteiger partial charge in [0, 0.05) is 44.0 Å². The Morgan fingerprint density at radius 1 is 1.16 bits per heavy atom. The maximum absolute atomic E-state index is 3.57. The fourth-order valence-corrected chi connectivity index (χ4v) is 2.88. The summed E-state index contributed by atoms with van der Waals surface area (Å²) in [6.45, 7) is 6.79. The average molecular weight is 259 g/mol. The summed E-state index contributed by atoms with van der Waals surface area (Å²) in [4.78, 5) is 4.94. The number of hydrogen-bond donors (Lipinski definition) is 1. The monoisotopic (exact) mass is 259 g/mol. The van der Waals surface area contributed by atoms with Crippen molar-refractivity contribution in [2.24, 2.45) is 0 Å². The first-order chi connectivity index (χ1) is 9.22. The van der Waals surface area contributed by atoms with Crippen LogP contribution in [0.25, 0.3) is 0 Å². The third-order valence-corrected chi connectivity index (χ3v) is 4.27. The van der Waals surface area contributed by atoms with Gasteiger partial charge in [0.25, 0.3) is 0 Å². The molecule has 1 aliphatic heterocycles. The predicted octanol–water partition coefficient (Wildman–Crippen LogP) is 2.08. The zero-order chi connectivity index (χ0) is 13.2. The Morgan fingerprint density at radius 2 is 1.89 bits per heavy atom. The number of piperazine rings is 1. The van der Waals surface area contributed by atoms with Gasteiger partial charge < -0.3 is 15.1 Å². The second-order valence-electron chi connectivity index (χ2n) is 6.13. The van der Waals surface area contributed by atoms with Gasteiger partial charge in [0.15, 0.2) is 0 Å². The SMILES string of the molecule is CC1CN(C)CCN1c1ccc(CNC2CC2)cc1. The van der Waals surface area contributed by atoms with E-state index in [1.807, 2.05) is 0 Å². The molecule has 3 rings (SSSR count). The van der Waals surface area contributed by atoms with E-state index in [9.17, 15) is 0 Å². The van der Waals surface area contributed by atoms with Gasteiger partial charge in [0.05, 0.1) is 0 Å². The molecule has 2 fully saturated rings. The zero-order valence-corrected chi connectivity index (χ0v) is 12.1. The Labute approximate surface area is 116 Å². The molecular weight excluding hydrogens is 234 g/mol. The van der Waals surface area contributed by atoms with E-state index >= 15 is 0 Å². The molecular formula is C16H25N3. The summed E-state index contributed by atoms with van der Waals surface area (Å²) in [6, 6.07) is 10.5. The molecule has 3 nitrogen and oxygen atoms in total. The van der Waals surface area contributed by atoms with E-state index in [2.05, 4.69) is 53.4 Å². The van der Waals surface area contributed by atoms with Crippen LogP contribution in [0.3, 0.4) is 0 Å². The van der Waals surface area contributed by atoms with Crippen molar-refractivity contribution in [2.75, 3.05) is 31.6 Å². The largest absolute Gasteiger partial charge is 0.366 e. The number of rotatable bonds is 4. The van der Waals surface area contributed by atoms with Crippen molar-refractivity contribution in [3.63, 3.8) is 0 Å². The van der Waals surface area contributed by atoms with Crippen LogP contribution in [0.5, 0.6) is 0 Å². The summed E-state index contributed by atoms with van der Waals surface area (Å²) in [6.07, 6.45) is 2.72. The molecule has 2 aliphatic rings. The van der Waals surface area contributed by atoms with E-state index in [0.717, 1.165) is 32.2 Å². The minimum Gasteiger partial charge on any atom is -0.366 e. The fraction of sp³-hybridized carbons (Fsp3) is 0.625. The molecule has 3 heteroatoms. The molecule has 0 radical (unpaired) electrons. The van der Waals surface area contributed by atoms with E-state index in [1.54, 1.807) is 0 Å². The number of likely N-dealkylation sites (N-methyl/N-ethyl adjacent to an activating group) is 1. The highest BCUT2D eigenvalue weighted by molar-refractivity contribution is 5.49. The van der Waals surface area contributed by atoms with Crippen LogP contribution in [0.4, 0.5) is 5.69 Å². The maximum atomic E-state index is 3.57. The number of anilines is 1. The molecule has 1 saturated heterocycles. The van der Waals surface area contributed by atoms with E-state index in [4.69, 9.17) is 0 Å². The first-order valence-electron chi connectivity index (χ1n) is 7.50. The van der Waals surface area contributed by atoms with Crippen LogP contribution in [0.1, 0.15) is 25.3 Å². The minimum absolute atomic E-state index is 0.606. The van der Waals surface area contributed by atoms with Crippen LogP contribution in [0.15, 0.2) is 24.3 Å². The Morgan fingerprint density at radius 3 is 2.53 bits per heavy atom. The highest BCUT2D eigenvalue weighted by atomic mass is 15.3. The van der Waals surface area contributed by atoms with Crippen LogP contribution in [-0.4, -0.2) is 43.7 Å². The lowest BCUT2D eigenvalue weighted by molar-refractivity contribution is 0.275. The summed E-state index contributed by atoms with van der Waals surface area (Å²) in [5.74, 6) is 0. The van der Waals surface area contributed by atoms with Crippen LogP contribution in [-0.2, 0) is 6.54 Å². The predicted molar refractivity (Wildman–Crippen MR) is 80.6 cm³/mol. The third kappa shape index (κ3) is 3.28. The van der Waals surface area contributed by atoms with Gasteiger partial charge in [-0.1, -0.05) is 12.1 Å². The van der Waals surface area contributed by atoms with E-state index in [0.29, 0.717) is 6.04 Å². The first kappa shape index (κ1) is 12.9. The standard InChI is InChI=1S/C16H25N3/c1-13-12-18(2)9-10-19(13)16-7-3-14(4-8-16)11-17-15-5-6-15/h3-4,7-8,13,15,17H,5-6,9-12H2,1-2H3. The summed E-state index contributed by atoms with van der Waals surface area (Å²) in [5, 5.41) is 3.57. The molecule has 0 amide bonds. The summed E-state index contributed by atoms with van der Waals surface area (Å²) in [5.41, 5.74) is 2.77. The molecule has 0 aromatic heterocycles. The van der Waals surface area contributed by atoms with Gasteiger partial charge in [-0.05, 0) is 44.5 Å². The molecule has 1 aromatic rings. The Bertz CT molecular complexity index is 411. The molecule has 1 unspecified atom stereocenters. The van der Waals surface area contributed by atoms with E-state index in [-0.39, 0.29) is 0 Å². The maximum Gasteiger partial charge on any atom is 0.0389 e. The summed E-state index contributed by atoms with van der Waals surface area (Å²) in [7, 11) is 2.21. The number of benzene rings is 1. The third-order valence-electron chi connectivity index (χ3n) is 4.27. The quantitative estimate of drug-likeness (QED) is 0.893. The van der Waals surface area contributed by atoms with Crippen LogP contribution in [0.2, 0.25) is 0 Å². The minimum atomic E-state index is 0.606. The number of hydrogen-bond acceptors (Lipinski definition) is 3. The lowest BCUT2D eigenvalue weighted by atomic mass is 10.1. The van der Waals surface area contributed by atoms with Crippen LogP contribution < -0.4 is 10.2 Å². The van der Waals surface area contributed by atoms with E-state index < -0.39 is 0 Å². The van der Waals surface area contributed by atoms with Crippen LogP contribution >= 0.6 is 0 Å². The lowest BCUT2D eigenvalue weighted by Crippen LogP contribution is -2.50. The molecule has 104 valence electrons. The molecule has 1 aliphatic carbocycles. The van der Waals surface area contributed by atoms with Gasteiger partial charge in [-0.25, -0.2) is 0 Å². The Balaban J connectivity index is 1.60. The van der Waals surface area contributed by atoms with Crippen molar-refractivity contribution >= 4 is 5.69 Å². The number of nitrogens with one attached hydrogen (secondary N) is 1. The Kier molecular flexibility index (Phi) is 3.76. The van der Waals surface area contributed by atoms with Gasteiger partial charge >= 0.3 is 0 Å². The molecule has 1 N–H and O–H groups in total. The van der Waals surface area contributed by atoms with Gasteiger partial charge in [-0.2, -0.15) is 0 Å². The highest BCUT2D eigenvalue weighted by Crippen LogP contribution is 2.22. The topological polar surface area (TPSA) is 18.5 Å². The highest BCUT2D eigenvalue weighted by Gasteiger charge is 2.22. The van der Waals surface area contributed by atoms with Gasteiger partial charge in [0.2, 0.25) is 0 Å². The van der Waals surface area contributed by atoms with Gasteiger partial charge in [0.1, 0.15) is 0 Å². The normalized spacial score (nSPS) is 24.7. The second-order valence-corrected chi connectivity index (χ2v) is 6.13. The summed E-state index contributed by atoms with van der Waals surface area (Å²) < 4.78 is 0. The second kappa shape index (κ2) is 5.51. The van der Waals surface area contributed by atoms with Crippen molar-refractivity contribution in [2.45, 2.75) is 38.4 Å². The number of nitrogens with zero attached hydrogens (tertiary/aromatic N) is 2. The fourth-order valence-electron chi connectivity index (χ4n) is 2.88. The van der Waals surface area contributed by atoms with Crippen molar-refractivity contribution in [3.05, 3.63) is 29.8 Å². The zero-order valence-electron chi connectivity index (χ0n) is 12.1. The molecule has 1 heterocycles. The molecule has 0 bridgehead atoms. The molecule has 19 heavy (non-hydrogen) atoms.